The first kappa shape index (κ1) is 84.9. The number of carboxylic acids is 1. The molecule has 4 aromatic heterocycles. The molecule has 1 aromatic carbocycles. The van der Waals surface area contributed by atoms with Crippen LogP contribution in [0, 0.1) is 11.3 Å². The summed E-state index contributed by atoms with van der Waals surface area (Å²) in [4.78, 5) is 134. The van der Waals surface area contributed by atoms with E-state index >= 15 is 0 Å². The maximum atomic E-state index is 14.8. The van der Waals surface area contributed by atoms with Crippen molar-refractivity contribution in [1.29, 1.82) is 0 Å². The number of nitrogens with zero attached hydrogens (tertiary/aromatic N) is 6. The van der Waals surface area contributed by atoms with Gasteiger partial charge in [-0.15, -0.1) is 0 Å². The van der Waals surface area contributed by atoms with E-state index in [1.807, 2.05) is 52.0 Å². The van der Waals surface area contributed by atoms with E-state index in [1.165, 1.54) is 34.5 Å². The molecule has 107 heavy (non-hydrogen) atoms. The van der Waals surface area contributed by atoms with Gasteiger partial charge in [0.2, 0.25) is 41.1 Å². The number of carbonyl (C=O) groups excluding carboxylic acids is 8. The summed E-state index contributed by atoms with van der Waals surface area (Å²) in [5, 5.41) is 23.5. The predicted octanol–water partition coefficient (Wildman–Crippen LogP) is 10.4. The van der Waals surface area contributed by atoms with Gasteiger partial charge in [0, 0.05) is 68.6 Å². The minimum absolute atomic E-state index is 0.00540. The van der Waals surface area contributed by atoms with Crippen molar-refractivity contribution in [3.63, 3.8) is 0 Å². The number of amides is 5. The predicted molar refractivity (Wildman–Crippen MR) is 387 cm³/mol. The van der Waals surface area contributed by atoms with Crippen molar-refractivity contribution in [2.45, 2.75) is 198 Å². The minimum atomic E-state index is -5.08. The number of anilines is 1. The molecule has 3 saturated heterocycles. The first-order valence-corrected chi connectivity index (χ1v) is 36.1. The molecule has 582 valence electrons. The molecule has 9 atom stereocenters. The molecule has 34 heteroatoms. The van der Waals surface area contributed by atoms with Gasteiger partial charge in [0.05, 0.1) is 34.2 Å². The maximum Gasteiger partial charge on any atom is 0.490 e. The number of aliphatic carboxylic acids is 1. The quantitative estimate of drug-likeness (QED) is 0.0137. The number of benzene rings is 1. The van der Waals surface area contributed by atoms with Gasteiger partial charge >= 0.3 is 30.2 Å². The summed E-state index contributed by atoms with van der Waals surface area (Å²) in [5.74, 6) is -5.37. The monoisotopic (exact) mass is 1560 g/mol. The van der Waals surface area contributed by atoms with E-state index < -0.39 is 101 Å². The molecule has 2 aliphatic carbocycles. The zero-order chi connectivity index (χ0) is 78.3. The van der Waals surface area contributed by atoms with Crippen LogP contribution in [-0.4, -0.2) is 193 Å². The van der Waals surface area contributed by atoms with Crippen LogP contribution in [-0.2, 0) is 52.6 Å². The van der Waals surface area contributed by atoms with Crippen molar-refractivity contribution in [1.82, 2.24) is 51.0 Å². The number of ketones is 1. The van der Waals surface area contributed by atoms with Gasteiger partial charge in [-0.3, -0.25) is 33.7 Å². The number of esters is 2. The third-order valence-electron chi connectivity index (χ3n) is 17.0. The van der Waals surface area contributed by atoms with Gasteiger partial charge in [-0.25, -0.2) is 29.3 Å². The van der Waals surface area contributed by atoms with Gasteiger partial charge < -0.3 is 69.4 Å². The fraction of sp³-hybridized carbons (Fsp3) is 0.521. The number of hydrogen-bond donors (Lipinski definition) is 6. The van der Waals surface area contributed by atoms with Crippen LogP contribution >= 0.6 is 34.8 Å². The lowest BCUT2D eigenvalue weighted by Crippen LogP contribution is -2.61. The number of oxazole rings is 1. The Kier molecular flexibility index (Phi) is 31.3. The smallest absolute Gasteiger partial charge is 0.475 e. The summed E-state index contributed by atoms with van der Waals surface area (Å²) < 4.78 is 70.7. The number of para-hydroxylation sites is 2. The first-order valence-electron chi connectivity index (χ1n) is 34.9. The minimum Gasteiger partial charge on any atom is -0.475 e. The molecule has 5 aliphatic rings. The molecular formula is C73H91Cl3F3N11O17. The summed E-state index contributed by atoms with van der Waals surface area (Å²) in [7, 11) is 0. The van der Waals surface area contributed by atoms with Crippen molar-refractivity contribution < 1.29 is 94.3 Å². The lowest BCUT2D eigenvalue weighted by molar-refractivity contribution is -0.192. The average molecular weight is 1560 g/mol. The molecule has 10 rings (SSSR count). The molecule has 28 nitrogen and oxygen atoms in total. The van der Waals surface area contributed by atoms with Gasteiger partial charge in [0.25, 0.3) is 11.9 Å². The van der Waals surface area contributed by atoms with Crippen molar-refractivity contribution in [2.24, 2.45) is 11.3 Å². The van der Waals surface area contributed by atoms with Crippen LogP contribution in [0.3, 0.4) is 0 Å². The lowest BCUT2D eigenvalue weighted by Gasteiger charge is -2.37. The molecule has 0 spiro atoms. The lowest BCUT2D eigenvalue weighted by atomic mass is 9.82. The second-order valence-electron chi connectivity index (χ2n) is 27.9. The molecule has 3 aliphatic heterocycles. The van der Waals surface area contributed by atoms with Crippen LogP contribution < -0.4 is 40.8 Å². The number of alkyl halides is 3. The van der Waals surface area contributed by atoms with E-state index in [0.29, 0.717) is 57.3 Å². The number of likely N-dealkylation sites (tertiary alicyclic amines) is 2. The number of hydrogen-bond acceptors (Lipinski definition) is 22. The van der Waals surface area contributed by atoms with E-state index in [2.05, 4.69) is 59.7 Å². The van der Waals surface area contributed by atoms with E-state index in [-0.39, 0.29) is 93.4 Å². The van der Waals surface area contributed by atoms with Crippen molar-refractivity contribution in [3.8, 4) is 17.6 Å². The summed E-state index contributed by atoms with van der Waals surface area (Å²) in [5.41, 5.74) is -0.221. The Morgan fingerprint density at radius 3 is 1.73 bits per heavy atom. The number of aromatic nitrogens is 4. The summed E-state index contributed by atoms with van der Waals surface area (Å²) >= 11 is 17.6. The topological polar surface area (TPSA) is 361 Å². The highest BCUT2D eigenvalue weighted by Crippen LogP contribution is 2.34. The van der Waals surface area contributed by atoms with E-state index in [1.54, 1.807) is 63.2 Å². The largest absolute Gasteiger partial charge is 0.490 e. The number of rotatable bonds is 25. The van der Waals surface area contributed by atoms with Crippen molar-refractivity contribution in [2.75, 3.05) is 38.2 Å². The molecule has 0 unspecified atom stereocenters. The number of ether oxygens (including phenoxy) is 6. The number of carboxylic acid groups (broad SMARTS) is 1. The highest BCUT2D eigenvalue weighted by atomic mass is 35.5. The van der Waals surface area contributed by atoms with E-state index in [0.717, 1.165) is 44.9 Å². The molecule has 5 aromatic rings. The normalized spacial score (nSPS) is 20.0. The van der Waals surface area contributed by atoms with Crippen LogP contribution in [0.5, 0.6) is 17.6 Å². The van der Waals surface area contributed by atoms with Crippen molar-refractivity contribution in [3.05, 3.63) is 120 Å². The first-order chi connectivity index (χ1) is 50.6. The Hall–Kier alpha value is -9.33. The van der Waals surface area contributed by atoms with E-state index in [9.17, 15) is 51.5 Å². The van der Waals surface area contributed by atoms with Crippen LogP contribution in [0.25, 0.3) is 11.1 Å². The van der Waals surface area contributed by atoms with Crippen LogP contribution in [0.15, 0.2) is 109 Å². The number of Topliss-reactive ketones (excluding diaryl/α,β-unsaturated/α-hetero) is 1. The summed E-state index contributed by atoms with van der Waals surface area (Å²) in [6, 6.07) is 12.4. The van der Waals surface area contributed by atoms with Gasteiger partial charge in [-0.1, -0.05) is 126 Å². The molecular weight excluding hydrogens is 1470 g/mol. The third-order valence-corrected chi connectivity index (χ3v) is 17.7. The number of nitrogens with one attached hydrogen (secondary N) is 5. The van der Waals surface area contributed by atoms with Gasteiger partial charge in [-0.05, 0) is 94.5 Å². The molecule has 6 N–H and O–H groups in total. The molecule has 0 radical (unpaired) electrons. The second kappa shape index (κ2) is 39.5. The number of fused-ring (bicyclic) bond motifs is 1. The Bertz CT molecular complexity index is 3820. The van der Waals surface area contributed by atoms with E-state index in [4.69, 9.17) is 77.5 Å². The van der Waals surface area contributed by atoms with Gasteiger partial charge in [0.1, 0.15) is 72.9 Å². The Labute approximate surface area is 632 Å². The highest BCUT2D eigenvalue weighted by molar-refractivity contribution is 6.38. The Morgan fingerprint density at radius 1 is 0.701 bits per heavy atom. The number of carbonyl (C=O) groups is 9. The average Bonchev–Trinajstić information content (AvgIpc) is 1.69. The third kappa shape index (κ3) is 26.8. The summed E-state index contributed by atoms with van der Waals surface area (Å²) in [6.07, 6.45) is 8.58. The van der Waals surface area contributed by atoms with Gasteiger partial charge in [-0.2, -0.15) is 18.2 Å². The molecule has 5 fully saturated rings. The number of pyridine rings is 3. The van der Waals surface area contributed by atoms with Gasteiger partial charge in [0.15, 0.2) is 5.58 Å². The molecule has 7 heterocycles. The Balaban J connectivity index is 0.000000251. The Morgan fingerprint density at radius 2 is 1.23 bits per heavy atom. The zero-order valence-corrected chi connectivity index (χ0v) is 62.6. The van der Waals surface area contributed by atoms with Crippen LogP contribution in [0.4, 0.5) is 24.0 Å². The SMILES string of the molecule is C=CCOC(=O)[C@@H]1C[C@@H](Oc2ccc(Cl)cn2)CN1.C=CCOC(=O)[C@@H]1C[C@@H](Oc2ccc(Cl)cn2)CN1C(=O)OC(C)(C)C.CCC[C@H](NC(=O)[C@@H]1C[C@@H](Oc2ccc(Cl)cn2)CN1C(=O)[C@@H](NC(=O)[C@@H](Nc1nc2ccccc2o1)C1CCCCC1)C(C)(C)C)C(=O)C(=O)NC1CC1.O=C(O)C(F)(F)F. The van der Waals surface area contributed by atoms with Crippen molar-refractivity contribution >= 4 is 105 Å². The highest BCUT2D eigenvalue weighted by Gasteiger charge is 2.49. The van der Waals surface area contributed by atoms with Crippen LogP contribution in [0.2, 0.25) is 15.1 Å². The fourth-order valence-electron chi connectivity index (χ4n) is 11.7. The standard InChI is InChI=1S/C40H52ClN7O7.C18H23ClN2O5.C13H15ClN2O3.C2HF3O2/c1-5-11-28(33(49)37(52)43-25-17-18-25)44-35(50)29-20-26(54-31-19-16-24(41)21-42-31)22-48(29)38(53)34(40(2,3)4)47-36(51)32(23-12-7-6-8-13-23)46-39-45-27-14-9-10-15-30(27)55-39;1-5-8-24-16(22)14-9-13(25-15-7-6-12(19)10-20-15)11-21(14)17(23)26-18(2,3)4;1-2-5-18-13(17)11-6-10(8-15-11)19-12-4-3-9(14)7-16-12;3-2(4,5)1(6)7/h9-10,14-16,19,21,23,25-26,28-29,32,34H,5-8,11-13,17-18,20,22H2,1-4H3,(H,43,52)(H,44,50)(H,45,46)(H,47,51);5-7,10,13-14H,1,8-9,11H2,2-4H3;2-4,7,10-11,15H,1,5-6,8H2;(H,6,7)/t26-,28+,29+,32+,34-;13-,14+;10-,11+;/m111./s1. The zero-order valence-electron chi connectivity index (χ0n) is 60.4. The fourth-order valence-corrected chi connectivity index (χ4v) is 12.0. The maximum absolute atomic E-state index is 14.8. The summed E-state index contributed by atoms with van der Waals surface area (Å²) in [6.45, 7) is 20.8. The van der Waals surface area contributed by atoms with Crippen LogP contribution in [0.1, 0.15) is 126 Å². The molecule has 2 saturated carbocycles. The number of halogens is 6. The molecule has 0 bridgehead atoms. The second-order valence-corrected chi connectivity index (χ2v) is 29.2. The molecule has 5 amide bonds.